The van der Waals surface area contributed by atoms with Crippen molar-refractivity contribution in [1.82, 2.24) is 4.98 Å². The second-order valence-corrected chi connectivity index (χ2v) is 3.66. The quantitative estimate of drug-likeness (QED) is 0.766. The van der Waals surface area contributed by atoms with Gasteiger partial charge in [0.25, 0.3) is 0 Å². The predicted octanol–water partition coefficient (Wildman–Crippen LogP) is 1.48. The minimum Gasteiger partial charge on any atom is -0.389 e. The van der Waals surface area contributed by atoms with Gasteiger partial charge in [0.2, 0.25) is 0 Å². The molecule has 0 fully saturated rings. The van der Waals surface area contributed by atoms with Gasteiger partial charge < -0.3 is 10.6 Å². The van der Waals surface area contributed by atoms with Crippen molar-refractivity contribution in [2.75, 3.05) is 18.5 Å². The summed E-state index contributed by atoms with van der Waals surface area (Å²) in [6, 6.07) is 2.00. The molecule has 0 bridgehead atoms. The topological polar surface area (TPSA) is 42.2 Å². The maximum Gasteiger partial charge on any atom is 0.107 e. The molecule has 0 unspecified atom stereocenters. The van der Waals surface area contributed by atoms with Gasteiger partial charge in [0.05, 0.1) is 11.3 Å². The molecule has 1 aromatic rings. The molecule has 0 saturated heterocycles. The van der Waals surface area contributed by atoms with Crippen molar-refractivity contribution >= 4 is 22.9 Å². The van der Waals surface area contributed by atoms with E-state index in [-0.39, 0.29) is 0 Å². The van der Waals surface area contributed by atoms with Crippen LogP contribution in [0.2, 0.25) is 0 Å². The Bertz CT molecular complexity index is 349. The Morgan fingerprint density at radius 1 is 1.64 bits per heavy atom. The van der Waals surface area contributed by atoms with E-state index >= 15 is 0 Å². The smallest absolute Gasteiger partial charge is 0.107 e. The van der Waals surface area contributed by atoms with E-state index in [1.807, 2.05) is 20.0 Å². The van der Waals surface area contributed by atoms with E-state index in [0.29, 0.717) is 4.99 Å². The van der Waals surface area contributed by atoms with Crippen LogP contribution in [0.5, 0.6) is 0 Å². The number of thiocarbonyl (C=S) groups is 1. The van der Waals surface area contributed by atoms with Crippen LogP contribution in [0.1, 0.15) is 18.2 Å². The van der Waals surface area contributed by atoms with Crippen LogP contribution in [0.25, 0.3) is 0 Å². The Balaban J connectivity index is 3.22. The molecule has 0 aliphatic heterocycles. The van der Waals surface area contributed by atoms with Gasteiger partial charge in [-0.05, 0) is 19.9 Å². The summed E-state index contributed by atoms with van der Waals surface area (Å²) >= 11 is 4.97. The van der Waals surface area contributed by atoms with Gasteiger partial charge >= 0.3 is 0 Å². The third kappa shape index (κ3) is 2.20. The molecule has 0 radical (unpaired) electrons. The van der Waals surface area contributed by atoms with Crippen LogP contribution in [-0.4, -0.2) is 23.6 Å². The highest BCUT2D eigenvalue weighted by molar-refractivity contribution is 7.80. The van der Waals surface area contributed by atoms with Gasteiger partial charge in [0.1, 0.15) is 4.99 Å². The van der Waals surface area contributed by atoms with E-state index in [1.54, 1.807) is 6.20 Å². The van der Waals surface area contributed by atoms with E-state index in [9.17, 15) is 0 Å². The SMILES string of the molecule is CCN(C)c1cc(C)ncc1C(N)=S. The standard InChI is InChI=1S/C10H15N3S/c1-4-13(3)9-5-7(2)12-6-8(9)10(11)14/h5-6H,4H2,1-3H3,(H2,11,14). The highest BCUT2D eigenvalue weighted by Crippen LogP contribution is 2.19. The van der Waals surface area contributed by atoms with Gasteiger partial charge in [-0.15, -0.1) is 0 Å². The predicted molar refractivity (Wildman–Crippen MR) is 63.8 cm³/mol. The number of nitrogens with two attached hydrogens (primary N) is 1. The molecular weight excluding hydrogens is 194 g/mol. The van der Waals surface area contributed by atoms with Gasteiger partial charge in [0.15, 0.2) is 0 Å². The van der Waals surface area contributed by atoms with Crippen molar-refractivity contribution in [2.24, 2.45) is 5.73 Å². The number of anilines is 1. The maximum atomic E-state index is 5.62. The van der Waals surface area contributed by atoms with E-state index in [0.717, 1.165) is 23.5 Å². The lowest BCUT2D eigenvalue weighted by atomic mass is 10.2. The fourth-order valence-corrected chi connectivity index (χ4v) is 1.38. The molecule has 1 aromatic heterocycles. The second-order valence-electron chi connectivity index (χ2n) is 3.22. The molecule has 1 rings (SSSR count). The largest absolute Gasteiger partial charge is 0.389 e. The normalized spacial score (nSPS) is 9.93. The van der Waals surface area contributed by atoms with Crippen molar-refractivity contribution in [3.63, 3.8) is 0 Å². The molecule has 0 aromatic carbocycles. The summed E-state index contributed by atoms with van der Waals surface area (Å²) in [5, 5.41) is 0. The van der Waals surface area contributed by atoms with Crippen LogP contribution >= 0.6 is 12.2 Å². The summed E-state index contributed by atoms with van der Waals surface area (Å²) in [5.74, 6) is 0. The zero-order valence-corrected chi connectivity index (χ0v) is 9.56. The van der Waals surface area contributed by atoms with Gasteiger partial charge in [-0.3, -0.25) is 4.98 Å². The van der Waals surface area contributed by atoms with Crippen LogP contribution in [0.15, 0.2) is 12.3 Å². The Kier molecular flexibility index (Phi) is 3.41. The molecule has 0 spiro atoms. The molecule has 0 aliphatic rings. The van der Waals surface area contributed by atoms with Crippen LogP contribution in [0, 0.1) is 6.92 Å². The van der Waals surface area contributed by atoms with E-state index in [4.69, 9.17) is 18.0 Å². The molecule has 0 aliphatic carbocycles. The lowest BCUT2D eigenvalue weighted by Crippen LogP contribution is -2.21. The zero-order valence-electron chi connectivity index (χ0n) is 8.74. The Morgan fingerprint density at radius 2 is 2.29 bits per heavy atom. The van der Waals surface area contributed by atoms with E-state index in [2.05, 4.69) is 16.8 Å². The number of aromatic nitrogens is 1. The fraction of sp³-hybridized carbons (Fsp3) is 0.400. The third-order valence-electron chi connectivity index (χ3n) is 2.17. The van der Waals surface area contributed by atoms with Gasteiger partial charge in [-0.1, -0.05) is 12.2 Å². The molecule has 76 valence electrons. The van der Waals surface area contributed by atoms with Crippen LogP contribution in [-0.2, 0) is 0 Å². The van der Waals surface area contributed by atoms with Crippen molar-refractivity contribution in [3.05, 3.63) is 23.5 Å². The Hall–Kier alpha value is -1.16. The number of hydrogen-bond donors (Lipinski definition) is 1. The van der Waals surface area contributed by atoms with Crippen molar-refractivity contribution in [1.29, 1.82) is 0 Å². The van der Waals surface area contributed by atoms with Crippen molar-refractivity contribution in [3.8, 4) is 0 Å². The lowest BCUT2D eigenvalue weighted by molar-refractivity contribution is 0.959. The maximum absolute atomic E-state index is 5.62. The summed E-state index contributed by atoms with van der Waals surface area (Å²) < 4.78 is 0. The first-order valence-corrected chi connectivity index (χ1v) is 4.94. The minimum absolute atomic E-state index is 0.396. The Labute approximate surface area is 89.9 Å². The Morgan fingerprint density at radius 3 is 2.79 bits per heavy atom. The highest BCUT2D eigenvalue weighted by Gasteiger charge is 2.08. The molecule has 14 heavy (non-hydrogen) atoms. The first-order valence-electron chi connectivity index (χ1n) is 4.53. The molecule has 3 nitrogen and oxygen atoms in total. The highest BCUT2D eigenvalue weighted by atomic mass is 32.1. The number of aryl methyl sites for hydroxylation is 1. The van der Waals surface area contributed by atoms with E-state index in [1.165, 1.54) is 0 Å². The zero-order chi connectivity index (χ0) is 10.7. The van der Waals surface area contributed by atoms with Crippen LogP contribution in [0.3, 0.4) is 0 Å². The summed E-state index contributed by atoms with van der Waals surface area (Å²) in [4.78, 5) is 6.68. The fourth-order valence-electron chi connectivity index (χ4n) is 1.22. The van der Waals surface area contributed by atoms with Gasteiger partial charge in [-0.25, -0.2) is 0 Å². The first kappa shape index (κ1) is 10.9. The van der Waals surface area contributed by atoms with Gasteiger partial charge in [0, 0.05) is 25.5 Å². The van der Waals surface area contributed by atoms with Crippen LogP contribution < -0.4 is 10.6 Å². The molecule has 2 N–H and O–H groups in total. The number of nitrogens with zero attached hydrogens (tertiary/aromatic N) is 2. The number of rotatable bonds is 3. The lowest BCUT2D eigenvalue weighted by Gasteiger charge is -2.20. The summed E-state index contributed by atoms with van der Waals surface area (Å²) in [5.41, 5.74) is 8.49. The monoisotopic (exact) mass is 209 g/mol. The molecule has 4 heteroatoms. The first-order chi connectivity index (χ1) is 6.56. The van der Waals surface area contributed by atoms with Crippen molar-refractivity contribution in [2.45, 2.75) is 13.8 Å². The van der Waals surface area contributed by atoms with Gasteiger partial charge in [-0.2, -0.15) is 0 Å². The van der Waals surface area contributed by atoms with Crippen molar-refractivity contribution < 1.29 is 0 Å². The average molecular weight is 209 g/mol. The second kappa shape index (κ2) is 4.37. The van der Waals surface area contributed by atoms with Crippen LogP contribution in [0.4, 0.5) is 5.69 Å². The number of hydrogen-bond acceptors (Lipinski definition) is 3. The third-order valence-corrected chi connectivity index (χ3v) is 2.39. The molecule has 1 heterocycles. The number of pyridine rings is 1. The average Bonchev–Trinajstić information content (AvgIpc) is 2.16. The summed E-state index contributed by atoms with van der Waals surface area (Å²) in [6.07, 6.45) is 1.74. The molecule has 0 atom stereocenters. The molecular formula is C10H15N3S. The van der Waals surface area contributed by atoms with E-state index < -0.39 is 0 Å². The summed E-state index contributed by atoms with van der Waals surface area (Å²) in [6.45, 7) is 4.95. The molecule has 0 saturated carbocycles. The summed E-state index contributed by atoms with van der Waals surface area (Å²) in [7, 11) is 2.01. The molecule has 0 amide bonds. The minimum atomic E-state index is 0.396.